The van der Waals surface area contributed by atoms with Gasteiger partial charge < -0.3 is 14.4 Å². The number of likely N-dealkylation sites (tertiary alicyclic amines) is 1. The first-order valence-corrected chi connectivity index (χ1v) is 9.67. The molecule has 0 saturated carbocycles. The Hall–Kier alpha value is -2.05. The molecule has 6 heteroatoms. The lowest BCUT2D eigenvalue weighted by atomic mass is 10.1. The van der Waals surface area contributed by atoms with Crippen LogP contribution in [0, 0.1) is 5.92 Å². The Morgan fingerprint density at radius 2 is 1.88 bits per heavy atom. The van der Waals surface area contributed by atoms with E-state index in [1.165, 1.54) is 43.7 Å². The third kappa shape index (κ3) is 3.31. The van der Waals surface area contributed by atoms with Gasteiger partial charge in [0.1, 0.15) is 0 Å². The molecule has 0 aliphatic carbocycles. The second kappa shape index (κ2) is 6.93. The van der Waals surface area contributed by atoms with Gasteiger partial charge in [-0.1, -0.05) is 6.07 Å². The van der Waals surface area contributed by atoms with Gasteiger partial charge in [0.25, 0.3) is 0 Å². The van der Waals surface area contributed by atoms with E-state index in [1.807, 2.05) is 12.3 Å². The third-order valence-electron chi connectivity index (χ3n) is 5.70. The molecule has 1 unspecified atom stereocenters. The van der Waals surface area contributed by atoms with Crippen molar-refractivity contribution in [2.75, 3.05) is 33.0 Å². The van der Waals surface area contributed by atoms with Gasteiger partial charge in [-0.15, -0.1) is 0 Å². The van der Waals surface area contributed by atoms with Crippen molar-refractivity contribution in [3.8, 4) is 11.5 Å². The summed E-state index contributed by atoms with van der Waals surface area (Å²) in [4.78, 5) is 5.18. The highest BCUT2D eigenvalue weighted by Crippen LogP contribution is 2.33. The Morgan fingerprint density at radius 3 is 2.81 bits per heavy atom. The van der Waals surface area contributed by atoms with Crippen molar-refractivity contribution in [3.05, 3.63) is 41.7 Å². The second-order valence-electron chi connectivity index (χ2n) is 7.74. The summed E-state index contributed by atoms with van der Waals surface area (Å²) >= 11 is 0. The molecule has 26 heavy (non-hydrogen) atoms. The van der Waals surface area contributed by atoms with E-state index in [4.69, 9.17) is 9.47 Å². The Bertz CT molecular complexity index is 769. The zero-order valence-corrected chi connectivity index (χ0v) is 15.1. The number of benzene rings is 1. The van der Waals surface area contributed by atoms with Crippen LogP contribution >= 0.6 is 0 Å². The molecule has 5 rings (SSSR count). The van der Waals surface area contributed by atoms with Crippen LogP contribution < -0.4 is 9.47 Å². The van der Waals surface area contributed by atoms with E-state index >= 15 is 0 Å². The molecule has 3 aliphatic rings. The fourth-order valence-corrected chi connectivity index (χ4v) is 4.48. The quantitative estimate of drug-likeness (QED) is 0.843. The molecule has 0 radical (unpaired) electrons. The Morgan fingerprint density at radius 1 is 1.00 bits per heavy atom. The summed E-state index contributed by atoms with van der Waals surface area (Å²) < 4.78 is 13.2. The van der Waals surface area contributed by atoms with E-state index in [0.717, 1.165) is 37.7 Å². The third-order valence-corrected chi connectivity index (χ3v) is 5.70. The minimum atomic E-state index is 0.333. The van der Waals surface area contributed by atoms with Gasteiger partial charge in [0.05, 0.1) is 5.69 Å². The Balaban J connectivity index is 1.33. The number of ether oxygens (including phenoxy) is 2. The summed E-state index contributed by atoms with van der Waals surface area (Å²) in [5.74, 6) is 2.34. The van der Waals surface area contributed by atoms with Gasteiger partial charge in [0.2, 0.25) is 6.79 Å². The minimum Gasteiger partial charge on any atom is -0.454 e. The van der Waals surface area contributed by atoms with E-state index in [-0.39, 0.29) is 0 Å². The van der Waals surface area contributed by atoms with Gasteiger partial charge in [-0.05, 0) is 49.7 Å². The zero-order chi connectivity index (χ0) is 17.3. The first kappa shape index (κ1) is 16.1. The van der Waals surface area contributed by atoms with Gasteiger partial charge in [-0.25, -0.2) is 0 Å². The fourth-order valence-electron chi connectivity index (χ4n) is 4.48. The van der Waals surface area contributed by atoms with E-state index < -0.39 is 0 Å². The standard InChI is InChI=1S/C20H26N4O2/c1-2-8-22(7-1)11-17-12-23(14-18-5-6-21-24(18)13-17)10-16-3-4-19-20(9-16)26-15-25-19/h3-6,9,17H,1-2,7-8,10-15H2. The van der Waals surface area contributed by atoms with Crippen molar-refractivity contribution in [1.82, 2.24) is 19.6 Å². The van der Waals surface area contributed by atoms with Gasteiger partial charge in [0.15, 0.2) is 11.5 Å². The lowest BCUT2D eigenvalue weighted by molar-refractivity contribution is 0.173. The fraction of sp³-hybridized carbons (Fsp3) is 0.550. The molecule has 4 heterocycles. The Labute approximate surface area is 154 Å². The zero-order valence-electron chi connectivity index (χ0n) is 15.1. The summed E-state index contributed by atoms with van der Waals surface area (Å²) in [6.07, 6.45) is 4.63. The Kier molecular flexibility index (Phi) is 4.30. The van der Waals surface area contributed by atoms with Crippen molar-refractivity contribution >= 4 is 0 Å². The van der Waals surface area contributed by atoms with Crippen molar-refractivity contribution in [3.63, 3.8) is 0 Å². The van der Waals surface area contributed by atoms with Crippen molar-refractivity contribution in [2.24, 2.45) is 5.92 Å². The molecular formula is C20H26N4O2. The summed E-state index contributed by atoms with van der Waals surface area (Å²) in [7, 11) is 0. The molecule has 0 amide bonds. The normalized spacial score (nSPS) is 23.2. The molecule has 1 aromatic heterocycles. The SMILES string of the molecule is c1cc2n(n1)CC(CN1CCCC1)CN(Cc1ccc3c(c1)OCO3)C2. The van der Waals surface area contributed by atoms with Crippen LogP contribution in [0.1, 0.15) is 24.1 Å². The van der Waals surface area contributed by atoms with Crippen LogP contribution in [0.3, 0.4) is 0 Å². The van der Waals surface area contributed by atoms with Crippen LogP contribution in [-0.2, 0) is 19.6 Å². The van der Waals surface area contributed by atoms with Gasteiger partial charge in [-0.2, -0.15) is 5.10 Å². The first-order chi connectivity index (χ1) is 12.8. The molecule has 0 bridgehead atoms. The number of hydrogen-bond acceptors (Lipinski definition) is 5. The molecule has 1 fully saturated rings. The molecule has 1 aromatic carbocycles. The maximum absolute atomic E-state index is 5.55. The summed E-state index contributed by atoms with van der Waals surface area (Å²) in [6.45, 7) is 8.03. The van der Waals surface area contributed by atoms with Crippen molar-refractivity contribution < 1.29 is 9.47 Å². The van der Waals surface area contributed by atoms with E-state index in [9.17, 15) is 0 Å². The number of nitrogens with zero attached hydrogens (tertiary/aromatic N) is 4. The number of aromatic nitrogens is 2. The average Bonchev–Trinajstić information content (AvgIpc) is 3.36. The maximum atomic E-state index is 5.55. The van der Waals surface area contributed by atoms with Crippen LogP contribution in [0.25, 0.3) is 0 Å². The highest BCUT2D eigenvalue weighted by Gasteiger charge is 2.25. The number of hydrogen-bond donors (Lipinski definition) is 0. The van der Waals surface area contributed by atoms with E-state index in [0.29, 0.717) is 12.7 Å². The molecule has 0 spiro atoms. The molecule has 138 valence electrons. The van der Waals surface area contributed by atoms with Crippen LogP contribution in [0.15, 0.2) is 30.5 Å². The lowest BCUT2D eigenvalue weighted by Gasteiger charge is -2.27. The summed E-state index contributed by atoms with van der Waals surface area (Å²) in [5, 5.41) is 4.57. The van der Waals surface area contributed by atoms with Crippen molar-refractivity contribution in [2.45, 2.75) is 32.5 Å². The molecule has 1 atom stereocenters. The van der Waals surface area contributed by atoms with Crippen LogP contribution in [0.2, 0.25) is 0 Å². The predicted octanol–water partition coefficient (Wildman–Crippen LogP) is 2.34. The summed E-state index contributed by atoms with van der Waals surface area (Å²) in [5.41, 5.74) is 2.59. The minimum absolute atomic E-state index is 0.333. The van der Waals surface area contributed by atoms with Gasteiger partial charge in [-0.3, -0.25) is 9.58 Å². The van der Waals surface area contributed by atoms with Crippen LogP contribution in [0.5, 0.6) is 11.5 Å². The second-order valence-corrected chi connectivity index (χ2v) is 7.74. The molecule has 0 N–H and O–H groups in total. The smallest absolute Gasteiger partial charge is 0.231 e. The highest BCUT2D eigenvalue weighted by atomic mass is 16.7. The molecule has 2 aromatic rings. The monoisotopic (exact) mass is 354 g/mol. The maximum Gasteiger partial charge on any atom is 0.231 e. The molecular weight excluding hydrogens is 328 g/mol. The summed E-state index contributed by atoms with van der Waals surface area (Å²) in [6, 6.07) is 8.47. The molecule has 3 aliphatic heterocycles. The first-order valence-electron chi connectivity index (χ1n) is 9.67. The largest absolute Gasteiger partial charge is 0.454 e. The van der Waals surface area contributed by atoms with E-state index in [2.05, 4.69) is 37.8 Å². The van der Waals surface area contributed by atoms with E-state index in [1.54, 1.807) is 0 Å². The predicted molar refractivity (Wildman–Crippen MR) is 98.1 cm³/mol. The van der Waals surface area contributed by atoms with Crippen LogP contribution in [0.4, 0.5) is 0 Å². The van der Waals surface area contributed by atoms with Crippen LogP contribution in [-0.4, -0.2) is 52.6 Å². The van der Waals surface area contributed by atoms with Gasteiger partial charge >= 0.3 is 0 Å². The highest BCUT2D eigenvalue weighted by molar-refractivity contribution is 5.44. The lowest BCUT2D eigenvalue weighted by Crippen LogP contribution is -2.35. The topological polar surface area (TPSA) is 42.8 Å². The molecule has 6 nitrogen and oxygen atoms in total. The number of fused-ring (bicyclic) bond motifs is 2. The van der Waals surface area contributed by atoms with Gasteiger partial charge in [0, 0.05) is 44.8 Å². The average molecular weight is 354 g/mol. The molecule has 1 saturated heterocycles. The number of rotatable bonds is 4. The van der Waals surface area contributed by atoms with Crippen molar-refractivity contribution in [1.29, 1.82) is 0 Å².